The van der Waals surface area contributed by atoms with Crippen molar-refractivity contribution in [3.05, 3.63) is 74.1 Å². The number of imide groups is 1. The molecule has 2 aromatic rings. The number of amides is 3. The van der Waals surface area contributed by atoms with Crippen LogP contribution in [0.4, 0.5) is 10.5 Å². The molecule has 3 amide bonds. The van der Waals surface area contributed by atoms with Crippen LogP contribution in [0.15, 0.2) is 53.4 Å². The molecule has 0 aromatic heterocycles. The SMILES string of the molecule is O=C(COc1ccc([N+](=O)[O-])cc1)NCCN1C(=O)S/C(=C\c2ccccc2Cl)C1=O. The summed E-state index contributed by atoms with van der Waals surface area (Å²) in [4.78, 5) is 47.9. The van der Waals surface area contributed by atoms with Gasteiger partial charge in [0, 0.05) is 30.2 Å². The van der Waals surface area contributed by atoms with Crippen LogP contribution in [0.3, 0.4) is 0 Å². The zero-order chi connectivity index (χ0) is 22.4. The van der Waals surface area contributed by atoms with Crippen molar-refractivity contribution in [1.29, 1.82) is 0 Å². The largest absolute Gasteiger partial charge is 0.484 e. The molecule has 1 aliphatic rings. The number of nitro benzene ring substituents is 1. The average molecular weight is 462 g/mol. The van der Waals surface area contributed by atoms with E-state index >= 15 is 0 Å². The number of nitrogens with zero attached hydrogens (tertiary/aromatic N) is 2. The first kappa shape index (κ1) is 22.3. The molecule has 0 spiro atoms. The van der Waals surface area contributed by atoms with Crippen molar-refractivity contribution in [2.24, 2.45) is 0 Å². The van der Waals surface area contributed by atoms with Crippen LogP contribution >= 0.6 is 23.4 Å². The van der Waals surface area contributed by atoms with Gasteiger partial charge in [0.1, 0.15) is 5.75 Å². The number of thioether (sulfide) groups is 1. The maximum atomic E-state index is 12.5. The van der Waals surface area contributed by atoms with Gasteiger partial charge in [-0.1, -0.05) is 29.8 Å². The number of nitro groups is 1. The van der Waals surface area contributed by atoms with E-state index < -0.39 is 22.0 Å². The molecule has 11 heteroatoms. The Balaban J connectivity index is 1.47. The van der Waals surface area contributed by atoms with Crippen LogP contribution in [0.2, 0.25) is 5.02 Å². The summed E-state index contributed by atoms with van der Waals surface area (Å²) >= 11 is 6.89. The third kappa shape index (κ3) is 5.83. The van der Waals surface area contributed by atoms with Crippen molar-refractivity contribution in [3.63, 3.8) is 0 Å². The molecule has 1 fully saturated rings. The molecule has 1 N–H and O–H groups in total. The summed E-state index contributed by atoms with van der Waals surface area (Å²) in [5.41, 5.74) is 0.545. The fourth-order valence-corrected chi connectivity index (χ4v) is 3.64. The van der Waals surface area contributed by atoms with E-state index in [1.54, 1.807) is 30.3 Å². The van der Waals surface area contributed by atoms with E-state index in [0.29, 0.717) is 16.3 Å². The first-order valence-corrected chi connectivity index (χ1v) is 10.2. The maximum Gasteiger partial charge on any atom is 0.293 e. The predicted molar refractivity (Wildman–Crippen MR) is 116 cm³/mol. The van der Waals surface area contributed by atoms with E-state index in [2.05, 4.69) is 5.32 Å². The lowest BCUT2D eigenvalue weighted by molar-refractivity contribution is -0.384. The summed E-state index contributed by atoms with van der Waals surface area (Å²) in [6, 6.07) is 12.3. The number of benzene rings is 2. The molecule has 2 aromatic carbocycles. The number of rotatable bonds is 8. The molecule has 31 heavy (non-hydrogen) atoms. The normalized spacial score (nSPS) is 14.7. The smallest absolute Gasteiger partial charge is 0.293 e. The van der Waals surface area contributed by atoms with Gasteiger partial charge in [0.05, 0.1) is 9.83 Å². The minimum Gasteiger partial charge on any atom is -0.484 e. The predicted octanol–water partition coefficient (Wildman–Crippen LogP) is 3.48. The molecule has 3 rings (SSSR count). The highest BCUT2D eigenvalue weighted by atomic mass is 35.5. The number of nitrogens with one attached hydrogen (secondary N) is 1. The van der Waals surface area contributed by atoms with Crippen molar-refractivity contribution in [1.82, 2.24) is 10.2 Å². The molecule has 0 atom stereocenters. The van der Waals surface area contributed by atoms with Gasteiger partial charge in [0.25, 0.3) is 22.7 Å². The first-order chi connectivity index (χ1) is 14.8. The van der Waals surface area contributed by atoms with Crippen molar-refractivity contribution >= 4 is 52.2 Å². The summed E-state index contributed by atoms with van der Waals surface area (Å²) in [6.45, 7) is -0.250. The number of carbonyl (C=O) groups excluding carboxylic acids is 3. The molecule has 160 valence electrons. The number of hydrogen-bond donors (Lipinski definition) is 1. The molecule has 0 aliphatic carbocycles. The highest BCUT2D eigenvalue weighted by Crippen LogP contribution is 2.33. The molecular formula is C20H16ClN3O6S. The molecule has 0 saturated carbocycles. The highest BCUT2D eigenvalue weighted by Gasteiger charge is 2.34. The van der Waals surface area contributed by atoms with Gasteiger partial charge in [-0.05, 0) is 41.6 Å². The van der Waals surface area contributed by atoms with Crippen molar-refractivity contribution in [2.75, 3.05) is 19.7 Å². The first-order valence-electron chi connectivity index (χ1n) is 8.99. The molecule has 9 nitrogen and oxygen atoms in total. The molecule has 0 bridgehead atoms. The second-order valence-corrected chi connectivity index (χ2v) is 7.64. The van der Waals surface area contributed by atoms with Crippen LogP contribution < -0.4 is 10.1 Å². The zero-order valence-corrected chi connectivity index (χ0v) is 17.5. The van der Waals surface area contributed by atoms with E-state index in [-0.39, 0.29) is 30.3 Å². The van der Waals surface area contributed by atoms with Crippen molar-refractivity contribution in [3.8, 4) is 5.75 Å². The maximum absolute atomic E-state index is 12.5. The number of halogens is 1. The van der Waals surface area contributed by atoms with Gasteiger partial charge < -0.3 is 10.1 Å². The Kier molecular flexibility index (Phi) is 7.27. The fourth-order valence-electron chi connectivity index (χ4n) is 2.60. The molecule has 0 radical (unpaired) electrons. The number of ether oxygens (including phenoxy) is 1. The van der Waals surface area contributed by atoms with E-state index in [0.717, 1.165) is 16.7 Å². The van der Waals surface area contributed by atoms with Crippen LogP contribution in [-0.4, -0.2) is 46.6 Å². The van der Waals surface area contributed by atoms with E-state index in [1.807, 2.05) is 0 Å². The topological polar surface area (TPSA) is 119 Å². The Bertz CT molecular complexity index is 1060. The Morgan fingerprint density at radius 2 is 1.90 bits per heavy atom. The molecule has 1 saturated heterocycles. The van der Waals surface area contributed by atoms with Crippen LogP contribution in [0, 0.1) is 10.1 Å². The van der Waals surface area contributed by atoms with Gasteiger partial charge in [-0.15, -0.1) is 0 Å². The Morgan fingerprint density at radius 3 is 2.58 bits per heavy atom. The third-order valence-corrected chi connectivity index (χ3v) is 5.39. The lowest BCUT2D eigenvalue weighted by Gasteiger charge is -2.13. The lowest BCUT2D eigenvalue weighted by Crippen LogP contribution is -2.38. The van der Waals surface area contributed by atoms with Gasteiger partial charge in [-0.25, -0.2) is 0 Å². The number of hydrogen-bond acceptors (Lipinski definition) is 7. The monoisotopic (exact) mass is 461 g/mol. The van der Waals surface area contributed by atoms with Gasteiger partial charge >= 0.3 is 0 Å². The third-order valence-electron chi connectivity index (χ3n) is 4.14. The van der Waals surface area contributed by atoms with E-state index in [9.17, 15) is 24.5 Å². The van der Waals surface area contributed by atoms with Crippen LogP contribution in [0.25, 0.3) is 6.08 Å². The molecule has 1 heterocycles. The van der Waals surface area contributed by atoms with E-state index in [1.165, 1.54) is 24.3 Å². The van der Waals surface area contributed by atoms with Crippen molar-refractivity contribution < 1.29 is 24.0 Å². The van der Waals surface area contributed by atoms with E-state index in [4.69, 9.17) is 16.3 Å². The van der Waals surface area contributed by atoms with Crippen LogP contribution in [-0.2, 0) is 9.59 Å². The van der Waals surface area contributed by atoms with Gasteiger partial charge in [-0.3, -0.25) is 29.4 Å². The Hall–Kier alpha value is -3.37. The molecular weight excluding hydrogens is 446 g/mol. The Morgan fingerprint density at radius 1 is 1.19 bits per heavy atom. The summed E-state index contributed by atoms with van der Waals surface area (Å²) in [6.07, 6.45) is 1.56. The van der Waals surface area contributed by atoms with Crippen molar-refractivity contribution in [2.45, 2.75) is 0 Å². The van der Waals surface area contributed by atoms with Crippen LogP contribution in [0.1, 0.15) is 5.56 Å². The summed E-state index contributed by atoms with van der Waals surface area (Å²) < 4.78 is 5.25. The van der Waals surface area contributed by atoms with Crippen LogP contribution in [0.5, 0.6) is 5.75 Å². The summed E-state index contributed by atoms with van der Waals surface area (Å²) in [5, 5.41) is 13.2. The second kappa shape index (κ2) is 10.1. The summed E-state index contributed by atoms with van der Waals surface area (Å²) in [5.74, 6) is -0.611. The van der Waals surface area contributed by atoms with Gasteiger partial charge in [0.2, 0.25) is 0 Å². The fraction of sp³-hybridized carbons (Fsp3) is 0.150. The highest BCUT2D eigenvalue weighted by molar-refractivity contribution is 8.18. The Labute approximate surface area is 186 Å². The lowest BCUT2D eigenvalue weighted by atomic mass is 10.2. The zero-order valence-electron chi connectivity index (χ0n) is 15.9. The number of carbonyl (C=O) groups is 3. The number of non-ortho nitro benzene ring substituents is 1. The standard InChI is InChI=1S/C20H16ClN3O6S/c21-16-4-2-1-3-13(16)11-17-19(26)23(20(27)31-17)10-9-22-18(25)12-30-15-7-5-14(6-8-15)24(28)29/h1-8,11H,9-10,12H2,(H,22,25)/b17-11-. The molecule has 1 aliphatic heterocycles. The minimum absolute atomic E-state index is 0.00774. The average Bonchev–Trinajstić information content (AvgIpc) is 3.01. The molecule has 0 unspecified atom stereocenters. The quantitative estimate of drug-likeness (QED) is 0.363. The second-order valence-electron chi connectivity index (χ2n) is 6.24. The van der Waals surface area contributed by atoms with Gasteiger partial charge in [0.15, 0.2) is 6.61 Å². The van der Waals surface area contributed by atoms with Gasteiger partial charge in [-0.2, -0.15) is 0 Å². The summed E-state index contributed by atoms with van der Waals surface area (Å²) in [7, 11) is 0. The minimum atomic E-state index is -0.537.